The minimum Gasteiger partial charge on any atom is -0.330 e. The lowest BCUT2D eigenvalue weighted by Gasteiger charge is -1.97. The predicted octanol–water partition coefficient (Wildman–Crippen LogP) is 2.35. The number of hydrogen-bond donors (Lipinski definition) is 1. The van der Waals surface area contributed by atoms with Crippen LogP contribution in [0.25, 0.3) is 0 Å². The highest BCUT2D eigenvalue weighted by Gasteiger charge is 1.96. The zero-order valence-electron chi connectivity index (χ0n) is 7.68. The van der Waals surface area contributed by atoms with Gasteiger partial charge in [-0.1, -0.05) is 32.0 Å². The van der Waals surface area contributed by atoms with Crippen LogP contribution in [-0.4, -0.2) is 6.54 Å². The molecule has 1 nitrogen and oxygen atoms in total. The van der Waals surface area contributed by atoms with Gasteiger partial charge < -0.3 is 5.73 Å². The third-order valence-electron chi connectivity index (χ3n) is 1.37. The molecule has 68 valence electrons. The molecule has 0 fully saturated rings. The first-order valence-electron chi connectivity index (χ1n) is 4.28. The molecule has 1 aromatic rings. The van der Waals surface area contributed by atoms with Crippen LogP contribution in [0.5, 0.6) is 0 Å². The van der Waals surface area contributed by atoms with E-state index in [1.54, 1.807) is 12.1 Å². The number of benzene rings is 1. The molecule has 0 spiro atoms. The van der Waals surface area contributed by atoms with E-state index in [4.69, 9.17) is 5.73 Å². The van der Waals surface area contributed by atoms with Crippen molar-refractivity contribution < 1.29 is 4.39 Å². The van der Waals surface area contributed by atoms with E-state index in [9.17, 15) is 4.39 Å². The molecule has 0 radical (unpaired) electrons. The maximum Gasteiger partial charge on any atom is 0.126 e. The Kier molecular flexibility index (Phi) is 6.29. The summed E-state index contributed by atoms with van der Waals surface area (Å²) in [7, 11) is 0. The smallest absolute Gasteiger partial charge is 0.126 e. The van der Waals surface area contributed by atoms with Crippen LogP contribution in [0.1, 0.15) is 19.4 Å². The zero-order chi connectivity index (χ0) is 9.40. The van der Waals surface area contributed by atoms with Gasteiger partial charge in [-0.15, -0.1) is 0 Å². The number of rotatable bonds is 2. The van der Waals surface area contributed by atoms with Crippen LogP contribution in [-0.2, 0) is 6.42 Å². The summed E-state index contributed by atoms with van der Waals surface area (Å²) in [4.78, 5) is 0. The van der Waals surface area contributed by atoms with Gasteiger partial charge in [0.1, 0.15) is 5.82 Å². The summed E-state index contributed by atoms with van der Waals surface area (Å²) < 4.78 is 12.7. The van der Waals surface area contributed by atoms with E-state index in [0.29, 0.717) is 18.5 Å². The normalized spacial score (nSPS) is 8.67. The van der Waals surface area contributed by atoms with Gasteiger partial charge in [-0.2, -0.15) is 0 Å². The molecule has 1 aromatic carbocycles. The van der Waals surface area contributed by atoms with E-state index in [1.165, 1.54) is 6.07 Å². The second-order valence-corrected chi connectivity index (χ2v) is 2.13. The Labute approximate surface area is 73.4 Å². The highest BCUT2D eigenvalue weighted by atomic mass is 19.1. The molecule has 0 aromatic heterocycles. The molecule has 0 bridgehead atoms. The summed E-state index contributed by atoms with van der Waals surface area (Å²) in [6.07, 6.45) is 0.618. The first-order valence-corrected chi connectivity index (χ1v) is 4.28. The standard InChI is InChI=1S/C8H10FN.C2H6/c9-8-4-2-1-3-7(8)5-6-10;1-2/h1-4H,5-6,10H2;1-2H3. The van der Waals surface area contributed by atoms with Gasteiger partial charge in [-0.25, -0.2) is 4.39 Å². The van der Waals surface area contributed by atoms with Crippen LogP contribution in [0, 0.1) is 5.82 Å². The van der Waals surface area contributed by atoms with Crippen molar-refractivity contribution in [3.63, 3.8) is 0 Å². The van der Waals surface area contributed by atoms with Crippen LogP contribution < -0.4 is 5.73 Å². The topological polar surface area (TPSA) is 26.0 Å². The second-order valence-electron chi connectivity index (χ2n) is 2.13. The third-order valence-corrected chi connectivity index (χ3v) is 1.37. The minimum atomic E-state index is -0.159. The number of halogens is 1. The first-order chi connectivity index (χ1) is 5.84. The molecule has 0 saturated carbocycles. The molecule has 0 aliphatic carbocycles. The van der Waals surface area contributed by atoms with Gasteiger partial charge in [0.25, 0.3) is 0 Å². The lowest BCUT2D eigenvalue weighted by molar-refractivity contribution is 0.609. The van der Waals surface area contributed by atoms with Crippen LogP contribution in [0.4, 0.5) is 4.39 Å². The minimum absolute atomic E-state index is 0.159. The maximum absolute atomic E-state index is 12.7. The lowest BCUT2D eigenvalue weighted by atomic mass is 10.1. The van der Waals surface area contributed by atoms with Crippen LogP contribution in [0.15, 0.2) is 24.3 Å². The fourth-order valence-corrected chi connectivity index (χ4v) is 0.857. The quantitative estimate of drug-likeness (QED) is 0.722. The summed E-state index contributed by atoms with van der Waals surface area (Å²) in [5, 5.41) is 0. The van der Waals surface area contributed by atoms with Gasteiger partial charge in [-0.05, 0) is 24.6 Å². The van der Waals surface area contributed by atoms with Gasteiger partial charge in [0.2, 0.25) is 0 Å². The molecular weight excluding hydrogens is 153 g/mol. The van der Waals surface area contributed by atoms with Crippen molar-refractivity contribution in [2.75, 3.05) is 6.54 Å². The third kappa shape index (κ3) is 3.49. The van der Waals surface area contributed by atoms with Crippen molar-refractivity contribution in [3.8, 4) is 0 Å². The van der Waals surface area contributed by atoms with Gasteiger partial charge in [0, 0.05) is 0 Å². The Bertz CT molecular complexity index is 211. The fraction of sp³-hybridized carbons (Fsp3) is 0.400. The van der Waals surface area contributed by atoms with Crippen LogP contribution in [0.3, 0.4) is 0 Å². The second kappa shape index (κ2) is 6.80. The van der Waals surface area contributed by atoms with E-state index in [1.807, 2.05) is 19.9 Å². The SMILES string of the molecule is CC.NCCc1ccccc1F. The largest absolute Gasteiger partial charge is 0.330 e. The van der Waals surface area contributed by atoms with E-state index in [0.717, 1.165) is 0 Å². The van der Waals surface area contributed by atoms with E-state index < -0.39 is 0 Å². The molecule has 0 heterocycles. The molecule has 0 aliphatic heterocycles. The fourth-order valence-electron chi connectivity index (χ4n) is 0.857. The zero-order valence-corrected chi connectivity index (χ0v) is 7.68. The lowest BCUT2D eigenvalue weighted by Crippen LogP contribution is -2.03. The molecule has 0 unspecified atom stereocenters. The number of nitrogens with two attached hydrogens (primary N) is 1. The van der Waals surface area contributed by atoms with Gasteiger partial charge >= 0.3 is 0 Å². The molecule has 0 amide bonds. The highest BCUT2D eigenvalue weighted by Crippen LogP contribution is 2.05. The van der Waals surface area contributed by atoms with Crippen LogP contribution >= 0.6 is 0 Å². The molecule has 12 heavy (non-hydrogen) atoms. The summed E-state index contributed by atoms with van der Waals surface area (Å²) >= 11 is 0. The van der Waals surface area contributed by atoms with Crippen molar-refractivity contribution in [1.29, 1.82) is 0 Å². The summed E-state index contributed by atoms with van der Waals surface area (Å²) in [6, 6.07) is 6.69. The van der Waals surface area contributed by atoms with Crippen molar-refractivity contribution in [3.05, 3.63) is 35.6 Å². The van der Waals surface area contributed by atoms with Crippen molar-refractivity contribution in [2.45, 2.75) is 20.3 Å². The van der Waals surface area contributed by atoms with E-state index >= 15 is 0 Å². The van der Waals surface area contributed by atoms with Crippen molar-refractivity contribution in [2.24, 2.45) is 5.73 Å². The van der Waals surface area contributed by atoms with Crippen molar-refractivity contribution in [1.82, 2.24) is 0 Å². The first kappa shape index (κ1) is 11.1. The Morgan fingerprint density at radius 3 is 2.33 bits per heavy atom. The molecule has 0 aliphatic rings. The van der Waals surface area contributed by atoms with E-state index in [-0.39, 0.29) is 5.82 Å². The Morgan fingerprint density at radius 1 is 1.25 bits per heavy atom. The average Bonchev–Trinajstić information content (AvgIpc) is 2.13. The monoisotopic (exact) mass is 169 g/mol. The van der Waals surface area contributed by atoms with Gasteiger partial charge in [-0.3, -0.25) is 0 Å². The molecular formula is C10H16FN. The van der Waals surface area contributed by atoms with E-state index in [2.05, 4.69) is 0 Å². The summed E-state index contributed by atoms with van der Waals surface area (Å²) in [5.74, 6) is -0.159. The van der Waals surface area contributed by atoms with Gasteiger partial charge in [0.05, 0.1) is 0 Å². The van der Waals surface area contributed by atoms with Crippen molar-refractivity contribution >= 4 is 0 Å². The average molecular weight is 169 g/mol. The summed E-state index contributed by atoms with van der Waals surface area (Å²) in [6.45, 7) is 4.50. The van der Waals surface area contributed by atoms with Gasteiger partial charge in [0.15, 0.2) is 0 Å². The van der Waals surface area contributed by atoms with Crippen LogP contribution in [0.2, 0.25) is 0 Å². The Morgan fingerprint density at radius 2 is 1.83 bits per heavy atom. The Balaban J connectivity index is 0.000000561. The maximum atomic E-state index is 12.7. The predicted molar refractivity (Wildman–Crippen MR) is 50.5 cm³/mol. The highest BCUT2D eigenvalue weighted by molar-refractivity contribution is 5.17. The number of hydrogen-bond acceptors (Lipinski definition) is 1. The molecule has 2 heteroatoms. The molecule has 2 N–H and O–H groups in total. The summed E-state index contributed by atoms with van der Waals surface area (Å²) in [5.41, 5.74) is 5.96. The molecule has 0 saturated heterocycles. The molecule has 0 atom stereocenters. The Hall–Kier alpha value is -0.890. The molecule has 1 rings (SSSR count).